The molecule has 0 fully saturated rings. The highest BCUT2D eigenvalue weighted by Crippen LogP contribution is 2.26. The third-order valence-electron chi connectivity index (χ3n) is 3.29. The molecule has 1 aromatic heterocycles. The Labute approximate surface area is 137 Å². The number of benzene rings is 2. The minimum absolute atomic E-state index is 0.175. The van der Waals surface area contributed by atoms with Crippen LogP contribution in [0.5, 0.6) is 0 Å². The molecule has 0 unspecified atom stereocenters. The van der Waals surface area contributed by atoms with Crippen LogP contribution in [-0.2, 0) is 4.79 Å². The van der Waals surface area contributed by atoms with Crippen molar-refractivity contribution in [2.45, 2.75) is 6.92 Å². The van der Waals surface area contributed by atoms with Crippen LogP contribution in [0.25, 0.3) is 22.8 Å². The van der Waals surface area contributed by atoms with Crippen molar-refractivity contribution in [2.75, 3.05) is 16.8 Å². The van der Waals surface area contributed by atoms with Crippen molar-refractivity contribution in [3.05, 3.63) is 42.5 Å². The third kappa shape index (κ3) is 3.12. The first-order valence-corrected chi connectivity index (χ1v) is 7.14. The zero-order valence-electron chi connectivity index (χ0n) is 12.9. The summed E-state index contributed by atoms with van der Waals surface area (Å²) in [5, 5.41) is 18.9. The Morgan fingerprint density at radius 1 is 0.875 bits per heavy atom. The summed E-state index contributed by atoms with van der Waals surface area (Å²) in [6.45, 7) is 1.43. The third-order valence-corrected chi connectivity index (χ3v) is 3.29. The van der Waals surface area contributed by atoms with Crippen molar-refractivity contribution in [1.29, 1.82) is 0 Å². The summed E-state index contributed by atoms with van der Waals surface area (Å²) in [6, 6.07) is 12.3. The van der Waals surface area contributed by atoms with Gasteiger partial charge in [0, 0.05) is 35.1 Å². The quantitative estimate of drug-likeness (QED) is 0.625. The maximum Gasteiger partial charge on any atom is 0.221 e. The zero-order valence-corrected chi connectivity index (χ0v) is 12.9. The van der Waals surface area contributed by atoms with Gasteiger partial charge in [-0.15, -0.1) is 20.4 Å². The van der Waals surface area contributed by atoms with E-state index in [1.807, 2.05) is 12.1 Å². The molecule has 0 atom stereocenters. The molecule has 0 saturated carbocycles. The number of amides is 1. The molecule has 3 rings (SSSR count). The predicted octanol–water partition coefficient (Wildman–Crippen LogP) is 1.72. The molecule has 8 nitrogen and oxygen atoms in total. The number of nitrogens with two attached hydrogens (primary N) is 2. The molecule has 1 heterocycles. The number of aromatic nitrogens is 4. The zero-order chi connectivity index (χ0) is 17.1. The van der Waals surface area contributed by atoms with Crippen LogP contribution >= 0.6 is 0 Å². The molecule has 0 aliphatic heterocycles. The second-order valence-corrected chi connectivity index (χ2v) is 5.12. The summed E-state index contributed by atoms with van der Waals surface area (Å²) < 4.78 is 0. The van der Waals surface area contributed by atoms with E-state index in [-0.39, 0.29) is 5.91 Å². The van der Waals surface area contributed by atoms with Crippen LogP contribution in [0, 0.1) is 0 Å². The first-order valence-electron chi connectivity index (χ1n) is 7.14. The number of carbonyl (C=O) groups excluding carboxylic acids is 1. The number of carbonyl (C=O) groups is 1. The summed E-state index contributed by atoms with van der Waals surface area (Å²) >= 11 is 0. The van der Waals surface area contributed by atoms with Gasteiger partial charge in [-0.3, -0.25) is 4.79 Å². The normalized spacial score (nSPS) is 10.4. The van der Waals surface area contributed by atoms with Crippen molar-refractivity contribution in [3.63, 3.8) is 0 Å². The lowest BCUT2D eigenvalue weighted by atomic mass is 10.1. The molecular weight excluding hydrogens is 306 g/mol. The second-order valence-electron chi connectivity index (χ2n) is 5.12. The molecule has 3 aromatic rings. The SMILES string of the molecule is CC(=O)Nc1ccc(-c2nnc(-c3ccccc3N)nn2)c(N)c1. The van der Waals surface area contributed by atoms with Gasteiger partial charge in [0.2, 0.25) is 17.6 Å². The Bertz CT molecular complexity index is 893. The van der Waals surface area contributed by atoms with E-state index in [1.165, 1.54) is 6.92 Å². The van der Waals surface area contributed by atoms with E-state index in [2.05, 4.69) is 25.7 Å². The lowest BCUT2D eigenvalue weighted by Crippen LogP contribution is -2.07. The summed E-state index contributed by atoms with van der Waals surface area (Å²) in [5.41, 5.74) is 14.7. The van der Waals surface area contributed by atoms with E-state index in [0.717, 1.165) is 0 Å². The van der Waals surface area contributed by atoms with Gasteiger partial charge in [-0.05, 0) is 30.3 Å². The molecule has 0 radical (unpaired) electrons. The summed E-state index contributed by atoms with van der Waals surface area (Å²) in [6.07, 6.45) is 0. The number of nitrogens with zero attached hydrogens (tertiary/aromatic N) is 4. The largest absolute Gasteiger partial charge is 0.398 e. The molecule has 2 aromatic carbocycles. The molecule has 0 bridgehead atoms. The van der Waals surface area contributed by atoms with Crippen molar-refractivity contribution in [1.82, 2.24) is 20.4 Å². The minimum atomic E-state index is -0.175. The van der Waals surface area contributed by atoms with E-state index in [9.17, 15) is 4.79 Å². The van der Waals surface area contributed by atoms with E-state index in [0.29, 0.717) is 39.8 Å². The number of hydrogen-bond acceptors (Lipinski definition) is 7. The van der Waals surface area contributed by atoms with Gasteiger partial charge in [-0.25, -0.2) is 0 Å². The lowest BCUT2D eigenvalue weighted by molar-refractivity contribution is -0.114. The van der Waals surface area contributed by atoms with Gasteiger partial charge in [-0.2, -0.15) is 0 Å². The van der Waals surface area contributed by atoms with Gasteiger partial charge < -0.3 is 16.8 Å². The molecule has 0 aliphatic carbocycles. The Morgan fingerprint density at radius 2 is 1.46 bits per heavy atom. The van der Waals surface area contributed by atoms with Crippen molar-refractivity contribution >= 4 is 23.0 Å². The molecule has 0 aliphatic rings. The Balaban J connectivity index is 1.91. The standard InChI is InChI=1S/C16H15N7O/c1-9(24)19-10-6-7-12(14(18)8-10)16-22-20-15(21-23-16)11-4-2-3-5-13(11)17/h2-8H,17-18H2,1H3,(H,19,24). The summed E-state index contributed by atoms with van der Waals surface area (Å²) in [5.74, 6) is 0.456. The number of para-hydroxylation sites is 1. The Morgan fingerprint density at radius 3 is 2.00 bits per heavy atom. The maximum absolute atomic E-state index is 11.1. The molecule has 120 valence electrons. The molecule has 5 N–H and O–H groups in total. The molecule has 24 heavy (non-hydrogen) atoms. The fraction of sp³-hybridized carbons (Fsp3) is 0.0625. The minimum Gasteiger partial charge on any atom is -0.398 e. The average Bonchev–Trinajstić information content (AvgIpc) is 2.55. The topological polar surface area (TPSA) is 133 Å². The highest BCUT2D eigenvalue weighted by Gasteiger charge is 2.11. The van der Waals surface area contributed by atoms with E-state index in [4.69, 9.17) is 11.5 Å². The second kappa shape index (κ2) is 6.29. The van der Waals surface area contributed by atoms with Crippen LogP contribution in [0.3, 0.4) is 0 Å². The van der Waals surface area contributed by atoms with Crippen LogP contribution in [0.15, 0.2) is 42.5 Å². The summed E-state index contributed by atoms with van der Waals surface area (Å²) in [7, 11) is 0. The predicted molar refractivity (Wildman–Crippen MR) is 91.6 cm³/mol. The summed E-state index contributed by atoms with van der Waals surface area (Å²) in [4.78, 5) is 11.1. The highest BCUT2D eigenvalue weighted by molar-refractivity contribution is 5.90. The molecule has 0 saturated heterocycles. The van der Waals surface area contributed by atoms with Crippen molar-refractivity contribution in [2.24, 2.45) is 0 Å². The average molecular weight is 321 g/mol. The first-order chi connectivity index (χ1) is 11.5. The monoisotopic (exact) mass is 321 g/mol. The van der Waals surface area contributed by atoms with Gasteiger partial charge in [0.15, 0.2) is 0 Å². The van der Waals surface area contributed by atoms with E-state index in [1.54, 1.807) is 30.3 Å². The van der Waals surface area contributed by atoms with Crippen LogP contribution in [0.1, 0.15) is 6.92 Å². The molecule has 0 spiro atoms. The Kier molecular flexibility index (Phi) is 4.02. The van der Waals surface area contributed by atoms with Crippen molar-refractivity contribution < 1.29 is 4.79 Å². The van der Waals surface area contributed by atoms with Gasteiger partial charge in [0.1, 0.15) is 0 Å². The molecule has 1 amide bonds. The van der Waals surface area contributed by atoms with Crippen LogP contribution in [0.2, 0.25) is 0 Å². The van der Waals surface area contributed by atoms with Gasteiger partial charge in [0.05, 0.1) is 0 Å². The lowest BCUT2D eigenvalue weighted by Gasteiger charge is -2.07. The molecule has 8 heteroatoms. The maximum atomic E-state index is 11.1. The van der Waals surface area contributed by atoms with Crippen LogP contribution in [-0.4, -0.2) is 26.3 Å². The molecular formula is C16H15N7O. The van der Waals surface area contributed by atoms with Crippen LogP contribution in [0.4, 0.5) is 17.1 Å². The Hall–Kier alpha value is -3.55. The van der Waals surface area contributed by atoms with Gasteiger partial charge in [0.25, 0.3) is 0 Å². The van der Waals surface area contributed by atoms with Crippen molar-refractivity contribution in [3.8, 4) is 22.8 Å². The van der Waals surface area contributed by atoms with Gasteiger partial charge in [-0.1, -0.05) is 12.1 Å². The number of nitrogen functional groups attached to an aromatic ring is 2. The smallest absolute Gasteiger partial charge is 0.221 e. The number of nitrogens with one attached hydrogen (secondary N) is 1. The van der Waals surface area contributed by atoms with E-state index >= 15 is 0 Å². The first kappa shape index (κ1) is 15.3. The van der Waals surface area contributed by atoms with Crippen LogP contribution < -0.4 is 16.8 Å². The highest BCUT2D eigenvalue weighted by atomic mass is 16.1. The fourth-order valence-electron chi connectivity index (χ4n) is 2.19. The van der Waals surface area contributed by atoms with E-state index < -0.39 is 0 Å². The number of anilines is 3. The van der Waals surface area contributed by atoms with Gasteiger partial charge >= 0.3 is 0 Å². The fourth-order valence-corrected chi connectivity index (χ4v) is 2.19. The number of hydrogen-bond donors (Lipinski definition) is 3. The number of rotatable bonds is 3.